The minimum absolute atomic E-state index is 0.966. The smallest absolute Gasteiger partial charge is 0.0380 e. The van der Waals surface area contributed by atoms with Crippen molar-refractivity contribution in [2.24, 2.45) is 4.99 Å². The van der Waals surface area contributed by atoms with Crippen molar-refractivity contribution in [1.82, 2.24) is 0 Å². The van der Waals surface area contributed by atoms with E-state index in [2.05, 4.69) is 17.8 Å². The van der Waals surface area contributed by atoms with Crippen molar-refractivity contribution in [2.75, 3.05) is 6.26 Å². The zero-order chi connectivity index (χ0) is 11.4. The van der Waals surface area contributed by atoms with Gasteiger partial charge in [0.15, 0.2) is 0 Å². The van der Waals surface area contributed by atoms with Gasteiger partial charge in [-0.15, -0.1) is 18.2 Å². The van der Waals surface area contributed by atoms with Crippen LogP contribution in [0.15, 0.2) is 28.2 Å². The second-order valence-corrected chi connectivity index (χ2v) is 3.26. The number of thioether (sulfide) groups is 1. The molecule has 0 saturated heterocycles. The summed E-state index contributed by atoms with van der Waals surface area (Å²) in [5.74, 6) is 2.38. The van der Waals surface area contributed by atoms with Crippen LogP contribution in [0, 0.1) is 12.3 Å². The molecule has 0 aromatic rings. The molecule has 0 N–H and O–H groups in total. The van der Waals surface area contributed by atoms with Crippen LogP contribution in [0.2, 0.25) is 0 Å². The first-order valence-electron chi connectivity index (χ1n) is 4.58. The Morgan fingerprint density at radius 2 is 1.93 bits per heavy atom. The maximum Gasteiger partial charge on any atom is 0.0380 e. The molecule has 0 aromatic heterocycles. The molecule has 0 aliphatic heterocycles. The number of nitrogens with zero attached hydrogens (tertiary/aromatic N) is 1. The van der Waals surface area contributed by atoms with Crippen LogP contribution >= 0.6 is 11.8 Å². The second-order valence-electron chi connectivity index (χ2n) is 2.21. The molecular weight excluding hydrogens is 190 g/mol. The van der Waals surface area contributed by atoms with E-state index in [1.165, 1.54) is 4.91 Å². The Balaban J connectivity index is 0. The van der Waals surface area contributed by atoms with Crippen molar-refractivity contribution in [3.05, 3.63) is 23.3 Å². The molecule has 0 unspecified atom stereocenters. The molecule has 0 heterocycles. The molecule has 78 valence electrons. The molecule has 1 nitrogen and oxygen atoms in total. The fraction of sp³-hybridized carbons (Fsp3) is 0.417. The number of aliphatic imine (C=N–C) groups is 1. The fourth-order valence-corrected chi connectivity index (χ4v) is 0.877. The van der Waals surface area contributed by atoms with E-state index in [4.69, 9.17) is 6.42 Å². The zero-order valence-electron chi connectivity index (χ0n) is 9.66. The Labute approximate surface area is 92.4 Å². The van der Waals surface area contributed by atoms with Gasteiger partial charge in [-0.05, 0) is 31.1 Å². The highest BCUT2D eigenvalue weighted by atomic mass is 32.2. The first-order valence-corrected chi connectivity index (χ1v) is 5.81. The molecule has 0 atom stereocenters. The summed E-state index contributed by atoms with van der Waals surface area (Å²) in [6.45, 7) is 8.00. The summed E-state index contributed by atoms with van der Waals surface area (Å²) in [6.07, 6.45) is 12.3. The molecule has 0 radical (unpaired) electrons. The summed E-state index contributed by atoms with van der Waals surface area (Å²) < 4.78 is 0. The highest BCUT2D eigenvalue weighted by molar-refractivity contribution is 8.02. The summed E-state index contributed by atoms with van der Waals surface area (Å²) in [6, 6.07) is 0. The minimum atomic E-state index is 0.966. The second kappa shape index (κ2) is 12.1. The fourth-order valence-electron chi connectivity index (χ4n) is 0.588. The topological polar surface area (TPSA) is 12.4 Å². The molecule has 0 rings (SSSR count). The van der Waals surface area contributed by atoms with E-state index in [1.807, 2.05) is 33.1 Å². The number of hydrogen-bond donors (Lipinski definition) is 0. The molecule has 0 amide bonds. The van der Waals surface area contributed by atoms with Gasteiger partial charge in [0.2, 0.25) is 0 Å². The first-order chi connectivity index (χ1) is 6.70. The van der Waals surface area contributed by atoms with Crippen LogP contribution in [0.3, 0.4) is 0 Å². The molecule has 0 saturated carbocycles. The Kier molecular flexibility index (Phi) is 13.4. The summed E-state index contributed by atoms with van der Waals surface area (Å²) >= 11 is 1.71. The molecule has 14 heavy (non-hydrogen) atoms. The van der Waals surface area contributed by atoms with Crippen LogP contribution in [0.25, 0.3) is 0 Å². The number of terminal acetylenes is 1. The molecule has 0 aromatic carbocycles. The molecule has 0 aliphatic rings. The normalized spacial score (nSPS) is 12.0. The van der Waals surface area contributed by atoms with Crippen molar-refractivity contribution < 1.29 is 0 Å². The highest BCUT2D eigenvalue weighted by Gasteiger charge is 1.85. The highest BCUT2D eigenvalue weighted by Crippen LogP contribution is 2.09. The van der Waals surface area contributed by atoms with Gasteiger partial charge < -0.3 is 0 Å². The summed E-state index contributed by atoms with van der Waals surface area (Å²) in [7, 11) is 0. The van der Waals surface area contributed by atoms with Crippen LogP contribution in [-0.4, -0.2) is 12.0 Å². The molecular formula is C12H19NS. The maximum absolute atomic E-state index is 5.02. The Morgan fingerprint density at radius 3 is 2.36 bits per heavy atom. The lowest BCUT2D eigenvalue weighted by Crippen LogP contribution is -1.83. The average Bonchev–Trinajstić information content (AvgIpc) is 2.21. The van der Waals surface area contributed by atoms with Crippen molar-refractivity contribution in [2.45, 2.75) is 27.7 Å². The summed E-state index contributed by atoms with van der Waals surface area (Å²) in [5, 5.41) is 0. The lowest BCUT2D eigenvalue weighted by molar-refractivity contribution is 1.50. The molecule has 0 spiro atoms. The van der Waals surface area contributed by atoms with Crippen LogP contribution in [0.1, 0.15) is 27.7 Å². The first kappa shape index (κ1) is 15.5. The number of rotatable bonds is 3. The van der Waals surface area contributed by atoms with Gasteiger partial charge in [0, 0.05) is 18.0 Å². The molecule has 0 fully saturated rings. The zero-order valence-corrected chi connectivity index (χ0v) is 10.5. The van der Waals surface area contributed by atoms with Crippen LogP contribution < -0.4 is 0 Å². The van der Waals surface area contributed by atoms with Crippen molar-refractivity contribution >= 4 is 17.5 Å². The van der Waals surface area contributed by atoms with Gasteiger partial charge in [-0.25, -0.2) is 0 Å². The number of allylic oxidation sites excluding steroid dienone is 3. The van der Waals surface area contributed by atoms with E-state index in [9.17, 15) is 0 Å². The summed E-state index contributed by atoms with van der Waals surface area (Å²) in [4.78, 5) is 5.35. The van der Waals surface area contributed by atoms with Gasteiger partial charge in [0.05, 0.1) is 0 Å². The molecule has 2 heteroatoms. The van der Waals surface area contributed by atoms with E-state index < -0.39 is 0 Å². The third-order valence-corrected chi connectivity index (χ3v) is 1.94. The van der Waals surface area contributed by atoms with Gasteiger partial charge >= 0.3 is 0 Å². The predicted molar refractivity (Wildman–Crippen MR) is 69.7 cm³/mol. The Morgan fingerprint density at radius 1 is 1.36 bits per heavy atom. The van der Waals surface area contributed by atoms with Crippen molar-refractivity contribution in [3.63, 3.8) is 0 Å². The lowest BCUT2D eigenvalue weighted by atomic mass is 10.4. The Hall–Kier alpha value is -0.940. The molecule has 0 aliphatic carbocycles. The number of hydrogen-bond acceptors (Lipinski definition) is 2. The average molecular weight is 209 g/mol. The van der Waals surface area contributed by atoms with E-state index in [1.54, 1.807) is 24.0 Å². The van der Waals surface area contributed by atoms with Gasteiger partial charge in [-0.1, -0.05) is 19.8 Å². The monoisotopic (exact) mass is 209 g/mol. The van der Waals surface area contributed by atoms with E-state index in [0.29, 0.717) is 0 Å². The van der Waals surface area contributed by atoms with Crippen molar-refractivity contribution in [3.8, 4) is 12.3 Å². The predicted octanol–water partition coefficient (Wildman–Crippen LogP) is 3.89. The largest absolute Gasteiger partial charge is 0.261 e. The third kappa shape index (κ3) is 11.1. The molecule has 0 bridgehead atoms. The van der Waals surface area contributed by atoms with Crippen LogP contribution in [0.5, 0.6) is 0 Å². The maximum atomic E-state index is 5.02. The van der Waals surface area contributed by atoms with Crippen LogP contribution in [0.4, 0.5) is 0 Å². The quantitative estimate of drug-likeness (QED) is 0.507. The van der Waals surface area contributed by atoms with Gasteiger partial charge in [0.1, 0.15) is 0 Å². The van der Waals surface area contributed by atoms with E-state index in [0.717, 1.165) is 5.71 Å². The van der Waals surface area contributed by atoms with Crippen molar-refractivity contribution in [1.29, 1.82) is 0 Å². The Bertz CT molecular complexity index is 254. The minimum Gasteiger partial charge on any atom is -0.261 e. The van der Waals surface area contributed by atoms with Gasteiger partial charge in [0.25, 0.3) is 0 Å². The lowest BCUT2D eigenvalue weighted by Gasteiger charge is -1.92. The van der Waals surface area contributed by atoms with Gasteiger partial charge in [-0.3, -0.25) is 4.99 Å². The van der Waals surface area contributed by atoms with E-state index in [-0.39, 0.29) is 0 Å². The van der Waals surface area contributed by atoms with Gasteiger partial charge in [-0.2, -0.15) is 0 Å². The standard InChI is InChI=1S/C10H13NS.C2H6/c1-5-6-7-11-9(2)8-10(3)12-4;1-2/h1,6-8H,2-4H3;1-2H3/b7-6-,10-8-,11-9+;. The summed E-state index contributed by atoms with van der Waals surface area (Å²) in [5.41, 5.74) is 0.966. The SMILES string of the molecule is C#C\C=C/N=C(C)/C=C(/C)SC.CC. The van der Waals surface area contributed by atoms with E-state index >= 15 is 0 Å². The third-order valence-electron chi connectivity index (χ3n) is 1.18. The van der Waals surface area contributed by atoms with Crippen LogP contribution in [-0.2, 0) is 0 Å².